The molecule has 1 aliphatic rings. The molecule has 1 atom stereocenters. The highest BCUT2D eigenvalue weighted by atomic mass is 16.4. The topological polar surface area (TPSA) is 57.6 Å². The van der Waals surface area contributed by atoms with Gasteiger partial charge < -0.3 is 5.11 Å². The maximum atomic E-state index is 11.3. The fourth-order valence-corrected chi connectivity index (χ4v) is 1.83. The van der Waals surface area contributed by atoms with Crippen LogP contribution in [-0.4, -0.2) is 34.0 Å². The zero-order valence-electron chi connectivity index (χ0n) is 9.13. The number of ketones is 1. The first-order chi connectivity index (χ1) is 6.18. The van der Waals surface area contributed by atoms with E-state index in [9.17, 15) is 9.59 Å². The van der Waals surface area contributed by atoms with Gasteiger partial charge in [0, 0.05) is 6.42 Å². The molecule has 14 heavy (non-hydrogen) atoms. The van der Waals surface area contributed by atoms with Crippen LogP contribution in [0.15, 0.2) is 0 Å². The molecule has 1 heterocycles. The quantitative estimate of drug-likeness (QED) is 0.646. The third-order valence-electron chi connectivity index (χ3n) is 3.32. The van der Waals surface area contributed by atoms with E-state index in [0.29, 0.717) is 6.42 Å². The minimum absolute atomic E-state index is 0.00447. The van der Waals surface area contributed by atoms with Crippen molar-refractivity contribution in [1.29, 1.82) is 0 Å². The maximum Gasteiger partial charge on any atom is 0.408 e. The monoisotopic (exact) mass is 199 g/mol. The van der Waals surface area contributed by atoms with Crippen molar-refractivity contribution in [3.63, 3.8) is 0 Å². The summed E-state index contributed by atoms with van der Waals surface area (Å²) in [6, 6.07) is 0. The van der Waals surface area contributed by atoms with Crippen LogP contribution < -0.4 is 0 Å². The van der Waals surface area contributed by atoms with Gasteiger partial charge in [0.15, 0.2) is 5.78 Å². The van der Waals surface area contributed by atoms with Crippen LogP contribution in [0.4, 0.5) is 4.79 Å². The Bertz CT molecular complexity index is 280. The van der Waals surface area contributed by atoms with E-state index in [1.54, 1.807) is 0 Å². The summed E-state index contributed by atoms with van der Waals surface area (Å²) in [5.41, 5.74) is -0.798. The molecule has 0 bridgehead atoms. The molecule has 0 aliphatic carbocycles. The van der Waals surface area contributed by atoms with E-state index in [2.05, 4.69) is 0 Å². The molecule has 0 aromatic rings. The van der Waals surface area contributed by atoms with Gasteiger partial charge in [-0.1, -0.05) is 20.8 Å². The standard InChI is InChI=1S/C10H17NO3/c1-9(2,3)10(4)5-7(12)6-11(10)8(13)14/h5-6H2,1-4H3,(H,13,14). The predicted molar refractivity (Wildman–Crippen MR) is 52.2 cm³/mol. The van der Waals surface area contributed by atoms with E-state index in [1.165, 1.54) is 4.90 Å². The molecule has 80 valence electrons. The van der Waals surface area contributed by atoms with Crippen LogP contribution in [0.2, 0.25) is 0 Å². The Hall–Kier alpha value is -1.06. The SMILES string of the molecule is CC(C)(C)C1(C)CC(=O)CN1C(=O)O. The molecule has 1 unspecified atom stereocenters. The molecule has 1 fully saturated rings. The highest BCUT2D eigenvalue weighted by Gasteiger charge is 2.51. The van der Waals surface area contributed by atoms with Crippen molar-refractivity contribution in [2.45, 2.75) is 39.7 Å². The number of hydrogen-bond donors (Lipinski definition) is 1. The van der Waals surface area contributed by atoms with Gasteiger partial charge in [-0.3, -0.25) is 9.69 Å². The van der Waals surface area contributed by atoms with E-state index in [1.807, 2.05) is 27.7 Å². The first kappa shape index (κ1) is 11.0. The Kier molecular flexibility index (Phi) is 2.34. The van der Waals surface area contributed by atoms with Gasteiger partial charge in [-0.25, -0.2) is 4.79 Å². The average Bonchev–Trinajstić information content (AvgIpc) is 2.25. The zero-order chi connectivity index (χ0) is 11.1. The van der Waals surface area contributed by atoms with Crippen LogP contribution in [0.5, 0.6) is 0 Å². The van der Waals surface area contributed by atoms with Crippen LogP contribution in [0.25, 0.3) is 0 Å². The summed E-state index contributed by atoms with van der Waals surface area (Å²) in [6.07, 6.45) is -0.684. The largest absolute Gasteiger partial charge is 0.465 e. The summed E-state index contributed by atoms with van der Waals surface area (Å²) in [6.45, 7) is 7.75. The average molecular weight is 199 g/mol. The van der Waals surface area contributed by atoms with Crippen molar-refractivity contribution in [1.82, 2.24) is 4.90 Å². The molecule has 0 radical (unpaired) electrons. The van der Waals surface area contributed by atoms with Gasteiger partial charge in [0.1, 0.15) is 0 Å². The van der Waals surface area contributed by atoms with E-state index in [4.69, 9.17) is 5.11 Å². The molecule has 0 saturated carbocycles. The number of likely N-dealkylation sites (tertiary alicyclic amines) is 1. The predicted octanol–water partition coefficient (Wildman–Crippen LogP) is 1.74. The normalized spacial score (nSPS) is 28.3. The molecular formula is C10H17NO3. The highest BCUT2D eigenvalue weighted by molar-refractivity contribution is 5.89. The van der Waals surface area contributed by atoms with Gasteiger partial charge in [0.2, 0.25) is 0 Å². The molecule has 4 nitrogen and oxygen atoms in total. The Balaban J connectivity index is 3.07. The fraction of sp³-hybridized carbons (Fsp3) is 0.800. The van der Waals surface area contributed by atoms with Crippen molar-refractivity contribution in [2.24, 2.45) is 5.41 Å². The Morgan fingerprint density at radius 1 is 1.50 bits per heavy atom. The molecular weight excluding hydrogens is 182 g/mol. The molecule has 0 aromatic carbocycles. The summed E-state index contributed by atoms with van der Waals surface area (Å²) >= 11 is 0. The number of carbonyl (C=O) groups is 2. The second-order valence-corrected chi connectivity index (χ2v) is 5.11. The van der Waals surface area contributed by atoms with Crippen LogP contribution >= 0.6 is 0 Å². The van der Waals surface area contributed by atoms with Crippen molar-refractivity contribution in [2.75, 3.05) is 6.54 Å². The fourth-order valence-electron chi connectivity index (χ4n) is 1.83. The Morgan fingerprint density at radius 2 is 2.00 bits per heavy atom. The first-order valence-electron chi connectivity index (χ1n) is 4.71. The van der Waals surface area contributed by atoms with Gasteiger partial charge in [0.05, 0.1) is 12.1 Å². The molecule has 0 spiro atoms. The molecule has 1 amide bonds. The second kappa shape index (κ2) is 2.97. The smallest absolute Gasteiger partial charge is 0.408 e. The van der Waals surface area contributed by atoms with Gasteiger partial charge in [-0.05, 0) is 12.3 Å². The van der Waals surface area contributed by atoms with Crippen molar-refractivity contribution >= 4 is 11.9 Å². The second-order valence-electron chi connectivity index (χ2n) is 5.11. The van der Waals surface area contributed by atoms with Crippen molar-refractivity contribution in [3.05, 3.63) is 0 Å². The number of carboxylic acid groups (broad SMARTS) is 1. The van der Waals surface area contributed by atoms with Crippen LogP contribution in [-0.2, 0) is 4.79 Å². The number of Topliss-reactive ketones (excluding diaryl/α,β-unsaturated/α-hetero) is 1. The van der Waals surface area contributed by atoms with E-state index >= 15 is 0 Å². The van der Waals surface area contributed by atoms with E-state index < -0.39 is 11.6 Å². The lowest BCUT2D eigenvalue weighted by Crippen LogP contribution is -2.52. The van der Waals surface area contributed by atoms with Crippen LogP contribution in [0.1, 0.15) is 34.1 Å². The van der Waals surface area contributed by atoms with Gasteiger partial charge in [0.25, 0.3) is 0 Å². The number of carbonyl (C=O) groups excluding carboxylic acids is 1. The summed E-state index contributed by atoms with van der Waals surface area (Å²) < 4.78 is 0. The van der Waals surface area contributed by atoms with Gasteiger partial charge in [-0.2, -0.15) is 0 Å². The Morgan fingerprint density at radius 3 is 2.29 bits per heavy atom. The molecule has 1 rings (SSSR count). The van der Waals surface area contributed by atoms with Crippen molar-refractivity contribution in [3.8, 4) is 0 Å². The first-order valence-corrected chi connectivity index (χ1v) is 4.71. The highest BCUT2D eigenvalue weighted by Crippen LogP contribution is 2.41. The third-order valence-corrected chi connectivity index (χ3v) is 3.32. The van der Waals surface area contributed by atoms with Crippen molar-refractivity contribution < 1.29 is 14.7 Å². The molecule has 4 heteroatoms. The minimum atomic E-state index is -1.01. The molecule has 1 saturated heterocycles. The summed E-state index contributed by atoms with van der Waals surface area (Å²) in [5.74, 6) is 0.00447. The minimum Gasteiger partial charge on any atom is -0.465 e. The number of hydrogen-bond acceptors (Lipinski definition) is 2. The molecule has 1 aliphatic heterocycles. The number of amides is 1. The van der Waals surface area contributed by atoms with E-state index in [0.717, 1.165) is 0 Å². The van der Waals surface area contributed by atoms with E-state index in [-0.39, 0.29) is 17.7 Å². The maximum absolute atomic E-state index is 11.3. The van der Waals surface area contributed by atoms with Crippen LogP contribution in [0, 0.1) is 5.41 Å². The molecule has 1 N–H and O–H groups in total. The van der Waals surface area contributed by atoms with Gasteiger partial charge >= 0.3 is 6.09 Å². The van der Waals surface area contributed by atoms with Gasteiger partial charge in [-0.15, -0.1) is 0 Å². The third kappa shape index (κ3) is 1.49. The lowest BCUT2D eigenvalue weighted by molar-refractivity contribution is -0.117. The number of rotatable bonds is 0. The summed E-state index contributed by atoms with van der Waals surface area (Å²) in [5, 5.41) is 9.00. The Labute approximate surface area is 83.9 Å². The van der Waals surface area contributed by atoms with Crippen LogP contribution in [0.3, 0.4) is 0 Å². The zero-order valence-corrected chi connectivity index (χ0v) is 9.13. The lowest BCUT2D eigenvalue weighted by atomic mass is 9.73. The molecule has 0 aromatic heterocycles. The summed E-state index contributed by atoms with van der Waals surface area (Å²) in [4.78, 5) is 23.6. The lowest BCUT2D eigenvalue weighted by Gasteiger charge is -2.43. The summed E-state index contributed by atoms with van der Waals surface area (Å²) in [7, 11) is 0. The number of nitrogens with zero attached hydrogens (tertiary/aromatic N) is 1.